The lowest BCUT2D eigenvalue weighted by molar-refractivity contribution is -0.122. The van der Waals surface area contributed by atoms with E-state index in [4.69, 9.17) is 11.6 Å². The van der Waals surface area contributed by atoms with Crippen LogP contribution in [-0.4, -0.2) is 25.5 Å². The molecule has 0 aromatic carbocycles. The lowest BCUT2D eigenvalue weighted by Crippen LogP contribution is -2.33. The summed E-state index contributed by atoms with van der Waals surface area (Å²) in [6, 6.07) is 3.93. The van der Waals surface area contributed by atoms with Crippen LogP contribution >= 0.6 is 35.3 Å². The first-order valence-corrected chi connectivity index (χ1v) is 8.56. The molecule has 3 nitrogen and oxygen atoms in total. The summed E-state index contributed by atoms with van der Waals surface area (Å²) in [7, 11) is 0. The number of carbonyl (C=O) groups excluding carboxylic acids is 1. The van der Waals surface area contributed by atoms with Crippen LogP contribution in [0.4, 0.5) is 0 Å². The molecule has 1 aliphatic heterocycles. The summed E-state index contributed by atoms with van der Waals surface area (Å²) in [5.74, 6) is 1.35. The fourth-order valence-electron chi connectivity index (χ4n) is 2.76. The topological polar surface area (TPSA) is 41.1 Å². The fraction of sp³-hybridized carbons (Fsp3) is 0.667. The third kappa shape index (κ3) is 6.55. The molecule has 21 heavy (non-hydrogen) atoms. The molecule has 1 aromatic rings. The molecule has 1 fully saturated rings. The van der Waals surface area contributed by atoms with Crippen molar-refractivity contribution < 1.29 is 4.79 Å². The lowest BCUT2D eigenvalue weighted by Gasteiger charge is -2.27. The van der Waals surface area contributed by atoms with E-state index in [1.807, 2.05) is 12.1 Å². The number of piperidine rings is 1. The molecule has 6 heteroatoms. The monoisotopic (exact) mass is 350 g/mol. The van der Waals surface area contributed by atoms with Crippen molar-refractivity contribution in [1.29, 1.82) is 0 Å². The molecule has 1 unspecified atom stereocenters. The summed E-state index contributed by atoms with van der Waals surface area (Å²) in [6.45, 7) is 5.09. The predicted molar refractivity (Wildman–Crippen MR) is 92.7 cm³/mol. The van der Waals surface area contributed by atoms with E-state index in [1.54, 1.807) is 11.3 Å². The molecule has 2 heterocycles. The second-order valence-corrected chi connectivity index (χ2v) is 7.37. The minimum atomic E-state index is 0. The van der Waals surface area contributed by atoms with Gasteiger partial charge in [-0.25, -0.2) is 0 Å². The van der Waals surface area contributed by atoms with Crippen LogP contribution < -0.4 is 10.6 Å². The maximum Gasteiger partial charge on any atom is 0.220 e. The summed E-state index contributed by atoms with van der Waals surface area (Å²) >= 11 is 7.47. The molecule has 1 aliphatic rings. The quantitative estimate of drug-likeness (QED) is 0.824. The van der Waals surface area contributed by atoms with Gasteiger partial charge in [-0.3, -0.25) is 4.79 Å². The maximum absolute atomic E-state index is 11.9. The van der Waals surface area contributed by atoms with Crippen molar-refractivity contribution in [2.24, 2.45) is 11.8 Å². The highest BCUT2D eigenvalue weighted by Crippen LogP contribution is 2.24. The normalized spacial score (nSPS) is 17.0. The van der Waals surface area contributed by atoms with E-state index in [0.29, 0.717) is 24.8 Å². The average molecular weight is 351 g/mol. The van der Waals surface area contributed by atoms with Gasteiger partial charge in [0.05, 0.1) is 4.34 Å². The van der Waals surface area contributed by atoms with Gasteiger partial charge in [0.15, 0.2) is 0 Å². The van der Waals surface area contributed by atoms with Crippen molar-refractivity contribution in [3.05, 3.63) is 21.3 Å². The number of rotatable bonds is 6. The standard InChI is InChI=1S/C15H23ClN2OS.ClH/c1-11(12-4-7-17-8-5-12)10-15(19)18-9-6-13-2-3-14(16)20-13;/h2-3,11-12,17H,4-10H2,1H3,(H,18,19);1H. The van der Waals surface area contributed by atoms with Gasteiger partial charge in [0.2, 0.25) is 5.91 Å². The molecule has 1 amide bonds. The Balaban J connectivity index is 0.00000220. The summed E-state index contributed by atoms with van der Waals surface area (Å²) in [6.07, 6.45) is 3.91. The molecule has 2 N–H and O–H groups in total. The molecule has 1 atom stereocenters. The summed E-state index contributed by atoms with van der Waals surface area (Å²) < 4.78 is 0.811. The van der Waals surface area contributed by atoms with E-state index in [2.05, 4.69) is 17.6 Å². The second-order valence-electron chi connectivity index (χ2n) is 5.57. The van der Waals surface area contributed by atoms with Crippen LogP contribution in [0.1, 0.15) is 31.1 Å². The maximum atomic E-state index is 11.9. The first-order chi connectivity index (χ1) is 9.65. The smallest absolute Gasteiger partial charge is 0.220 e. The Labute approximate surface area is 142 Å². The molecule has 120 valence electrons. The van der Waals surface area contributed by atoms with Gasteiger partial charge in [-0.05, 0) is 56.3 Å². The van der Waals surface area contributed by atoms with Crippen LogP contribution in [-0.2, 0) is 11.2 Å². The van der Waals surface area contributed by atoms with Crippen molar-refractivity contribution in [3.8, 4) is 0 Å². The SMILES string of the molecule is CC(CC(=O)NCCc1ccc(Cl)s1)C1CCNCC1.Cl. The third-order valence-electron chi connectivity index (χ3n) is 4.02. The number of halogens is 2. The lowest BCUT2D eigenvalue weighted by atomic mass is 9.84. The zero-order valence-corrected chi connectivity index (χ0v) is 14.8. The Morgan fingerprint density at radius 3 is 2.81 bits per heavy atom. The number of thiophene rings is 1. The third-order valence-corrected chi connectivity index (χ3v) is 5.31. The molecular formula is C15H24Cl2N2OS. The number of carbonyl (C=O) groups is 1. The van der Waals surface area contributed by atoms with Gasteiger partial charge >= 0.3 is 0 Å². The highest BCUT2D eigenvalue weighted by molar-refractivity contribution is 7.16. The number of hydrogen-bond donors (Lipinski definition) is 2. The highest BCUT2D eigenvalue weighted by atomic mass is 35.5. The largest absolute Gasteiger partial charge is 0.356 e. The van der Waals surface area contributed by atoms with Crippen molar-refractivity contribution in [1.82, 2.24) is 10.6 Å². The van der Waals surface area contributed by atoms with Gasteiger partial charge in [-0.15, -0.1) is 23.7 Å². The second kappa shape index (κ2) is 9.67. The molecule has 0 spiro atoms. The Morgan fingerprint density at radius 1 is 1.48 bits per heavy atom. The van der Waals surface area contributed by atoms with E-state index in [0.717, 1.165) is 23.8 Å². The minimum Gasteiger partial charge on any atom is -0.356 e. The number of hydrogen-bond acceptors (Lipinski definition) is 3. The summed E-state index contributed by atoms with van der Waals surface area (Å²) in [5, 5.41) is 6.39. The average Bonchev–Trinajstić information content (AvgIpc) is 2.85. The minimum absolute atomic E-state index is 0. The number of amides is 1. The predicted octanol–water partition coefficient (Wildman–Crippen LogP) is 3.51. The van der Waals surface area contributed by atoms with E-state index in [9.17, 15) is 4.79 Å². The molecule has 1 aromatic heterocycles. The molecular weight excluding hydrogens is 327 g/mol. The van der Waals surface area contributed by atoms with E-state index in [-0.39, 0.29) is 18.3 Å². The molecule has 0 bridgehead atoms. The van der Waals surface area contributed by atoms with E-state index < -0.39 is 0 Å². The molecule has 0 saturated carbocycles. The van der Waals surface area contributed by atoms with Gasteiger partial charge in [-0.2, -0.15) is 0 Å². The summed E-state index contributed by atoms with van der Waals surface area (Å²) in [4.78, 5) is 13.2. The van der Waals surface area contributed by atoms with Crippen LogP contribution in [0.5, 0.6) is 0 Å². The molecule has 2 rings (SSSR count). The Hall–Kier alpha value is -0.290. The van der Waals surface area contributed by atoms with Crippen LogP contribution in [0, 0.1) is 11.8 Å². The number of nitrogens with one attached hydrogen (secondary N) is 2. The first-order valence-electron chi connectivity index (χ1n) is 7.37. The molecule has 0 radical (unpaired) electrons. The highest BCUT2D eigenvalue weighted by Gasteiger charge is 2.21. The zero-order chi connectivity index (χ0) is 14.4. The van der Waals surface area contributed by atoms with Crippen molar-refractivity contribution in [3.63, 3.8) is 0 Å². The van der Waals surface area contributed by atoms with Gasteiger partial charge in [0.1, 0.15) is 0 Å². The van der Waals surface area contributed by atoms with E-state index in [1.165, 1.54) is 17.7 Å². The van der Waals surface area contributed by atoms with E-state index >= 15 is 0 Å². The molecule has 0 aliphatic carbocycles. The van der Waals surface area contributed by atoms with Gasteiger partial charge in [0, 0.05) is 17.8 Å². The van der Waals surface area contributed by atoms with Gasteiger partial charge in [-0.1, -0.05) is 18.5 Å². The van der Waals surface area contributed by atoms with Crippen molar-refractivity contribution in [2.45, 2.75) is 32.6 Å². The molecule has 1 saturated heterocycles. The zero-order valence-electron chi connectivity index (χ0n) is 12.4. The van der Waals surface area contributed by atoms with Crippen LogP contribution in [0.25, 0.3) is 0 Å². The van der Waals surface area contributed by atoms with Gasteiger partial charge in [0.25, 0.3) is 0 Å². The van der Waals surface area contributed by atoms with Crippen LogP contribution in [0.15, 0.2) is 12.1 Å². The van der Waals surface area contributed by atoms with Gasteiger partial charge < -0.3 is 10.6 Å². The Kier molecular flexibility index (Phi) is 8.64. The Morgan fingerprint density at radius 2 is 2.19 bits per heavy atom. The fourth-order valence-corrected chi connectivity index (χ4v) is 3.84. The first kappa shape index (κ1) is 18.8. The van der Waals surface area contributed by atoms with Crippen molar-refractivity contribution >= 4 is 41.3 Å². The van der Waals surface area contributed by atoms with Crippen molar-refractivity contribution in [2.75, 3.05) is 19.6 Å². The van der Waals surface area contributed by atoms with Crippen LogP contribution in [0.2, 0.25) is 4.34 Å². The Bertz CT molecular complexity index is 433. The summed E-state index contributed by atoms with van der Waals surface area (Å²) in [5.41, 5.74) is 0. The van der Waals surface area contributed by atoms with Crippen LogP contribution in [0.3, 0.4) is 0 Å².